The molecule has 0 radical (unpaired) electrons. The van der Waals surface area contributed by atoms with E-state index in [2.05, 4.69) is 20.6 Å². The molecule has 0 aliphatic rings. The molecule has 3 aromatic rings. The summed E-state index contributed by atoms with van der Waals surface area (Å²) in [7, 11) is 1.47. The molecule has 0 unspecified atom stereocenters. The average Bonchev–Trinajstić information content (AvgIpc) is 2.89. The number of carbonyl (C=O) groups excluding carboxylic acids is 1. The molecule has 2 heterocycles. The van der Waals surface area contributed by atoms with Crippen LogP contribution in [0.15, 0.2) is 41.5 Å². The van der Waals surface area contributed by atoms with Crippen LogP contribution in [-0.4, -0.2) is 30.3 Å². The van der Waals surface area contributed by atoms with E-state index in [4.69, 9.17) is 0 Å². The number of imidazole rings is 1. The van der Waals surface area contributed by atoms with Crippen molar-refractivity contribution in [2.24, 2.45) is 7.05 Å². The summed E-state index contributed by atoms with van der Waals surface area (Å²) in [5.74, 6) is -0.443. The summed E-state index contributed by atoms with van der Waals surface area (Å²) in [4.78, 5) is 27.8. The average molecular weight is 270 g/mol. The second kappa shape index (κ2) is 4.57. The number of hydrogen-bond acceptors (Lipinski definition) is 5. The van der Waals surface area contributed by atoms with E-state index in [0.717, 1.165) is 4.68 Å². The molecule has 1 amide bonds. The third-order valence-corrected chi connectivity index (χ3v) is 2.75. The molecule has 8 heteroatoms. The Balaban J connectivity index is 2.01. The van der Waals surface area contributed by atoms with Gasteiger partial charge in [0.2, 0.25) is 0 Å². The second-order valence-corrected chi connectivity index (χ2v) is 4.10. The van der Waals surface area contributed by atoms with Crippen LogP contribution >= 0.6 is 0 Å². The van der Waals surface area contributed by atoms with Crippen LogP contribution in [0, 0.1) is 0 Å². The van der Waals surface area contributed by atoms with Crippen LogP contribution in [0.5, 0.6) is 0 Å². The van der Waals surface area contributed by atoms with Crippen LogP contribution in [0.4, 0.5) is 5.69 Å². The van der Waals surface area contributed by atoms with Gasteiger partial charge in [0.1, 0.15) is 6.33 Å². The van der Waals surface area contributed by atoms with Gasteiger partial charge in [0.25, 0.3) is 5.91 Å². The highest BCUT2D eigenvalue weighted by molar-refractivity contribution is 6.06. The zero-order valence-corrected chi connectivity index (χ0v) is 10.5. The van der Waals surface area contributed by atoms with Crippen molar-refractivity contribution in [3.8, 4) is 0 Å². The summed E-state index contributed by atoms with van der Waals surface area (Å²) in [6, 6.07) is 8.95. The van der Waals surface area contributed by atoms with Crippen molar-refractivity contribution in [3.05, 3.63) is 52.8 Å². The molecule has 0 bridgehead atoms. The van der Waals surface area contributed by atoms with Crippen molar-refractivity contribution >= 4 is 17.2 Å². The Morgan fingerprint density at radius 1 is 1.25 bits per heavy atom. The van der Waals surface area contributed by atoms with Crippen LogP contribution in [0.2, 0.25) is 0 Å². The number of anilines is 1. The Labute approximate surface area is 112 Å². The largest absolute Gasteiger partial charge is 0.352 e. The standard InChI is InChI=1S/C12H10N6O2/c1-17-12(20)18-7-13-9(10(18)15-16-17)11(19)14-8-5-3-2-4-6-8/h2-7H,1H3,(H,14,19). The number of benzene rings is 1. The first kappa shape index (κ1) is 12.0. The van der Waals surface area contributed by atoms with Crippen molar-refractivity contribution in [1.82, 2.24) is 24.4 Å². The topological polar surface area (TPSA) is 94.2 Å². The molecule has 1 aromatic carbocycles. The van der Waals surface area contributed by atoms with Gasteiger partial charge in [-0.15, -0.1) is 5.10 Å². The zero-order chi connectivity index (χ0) is 14.1. The highest BCUT2D eigenvalue weighted by Gasteiger charge is 2.17. The monoisotopic (exact) mass is 270 g/mol. The maximum atomic E-state index is 12.1. The number of aromatic nitrogens is 5. The van der Waals surface area contributed by atoms with Crippen molar-refractivity contribution < 1.29 is 4.79 Å². The van der Waals surface area contributed by atoms with E-state index >= 15 is 0 Å². The molecule has 100 valence electrons. The summed E-state index contributed by atoms with van der Waals surface area (Å²) in [6.45, 7) is 0. The van der Waals surface area contributed by atoms with Gasteiger partial charge in [-0.3, -0.25) is 4.79 Å². The Bertz CT molecular complexity index is 836. The first-order chi connectivity index (χ1) is 9.66. The van der Waals surface area contributed by atoms with E-state index in [1.165, 1.54) is 17.8 Å². The Morgan fingerprint density at radius 3 is 2.75 bits per heavy atom. The van der Waals surface area contributed by atoms with E-state index in [0.29, 0.717) is 5.69 Å². The highest BCUT2D eigenvalue weighted by atomic mass is 16.2. The van der Waals surface area contributed by atoms with Gasteiger partial charge in [0.15, 0.2) is 11.3 Å². The summed E-state index contributed by atoms with van der Waals surface area (Å²) in [6.07, 6.45) is 1.26. The summed E-state index contributed by atoms with van der Waals surface area (Å²) in [5, 5.41) is 10.1. The van der Waals surface area contributed by atoms with Gasteiger partial charge in [0, 0.05) is 12.7 Å². The van der Waals surface area contributed by atoms with E-state index in [1.54, 1.807) is 24.3 Å². The van der Waals surface area contributed by atoms with Crippen molar-refractivity contribution in [2.45, 2.75) is 0 Å². The maximum Gasteiger partial charge on any atom is 0.352 e. The normalized spacial score (nSPS) is 10.7. The molecule has 0 fully saturated rings. The predicted octanol–water partition coefficient (Wildman–Crippen LogP) is 0.0753. The van der Waals surface area contributed by atoms with Gasteiger partial charge in [0.05, 0.1) is 0 Å². The van der Waals surface area contributed by atoms with E-state index < -0.39 is 11.6 Å². The third-order valence-electron chi connectivity index (χ3n) is 2.75. The second-order valence-electron chi connectivity index (χ2n) is 4.10. The molecule has 0 saturated carbocycles. The van der Waals surface area contributed by atoms with Gasteiger partial charge in [-0.2, -0.15) is 4.68 Å². The molecule has 0 atom stereocenters. The number of aryl methyl sites for hydroxylation is 1. The van der Waals surface area contributed by atoms with Crippen LogP contribution in [0.25, 0.3) is 5.65 Å². The Kier molecular flexibility index (Phi) is 2.75. The van der Waals surface area contributed by atoms with Crippen LogP contribution in [-0.2, 0) is 7.05 Å². The molecular weight excluding hydrogens is 260 g/mol. The number of para-hydroxylation sites is 1. The molecule has 20 heavy (non-hydrogen) atoms. The Hall–Kier alpha value is -3.03. The van der Waals surface area contributed by atoms with E-state index in [9.17, 15) is 9.59 Å². The van der Waals surface area contributed by atoms with Crippen molar-refractivity contribution in [1.29, 1.82) is 0 Å². The fourth-order valence-electron chi connectivity index (χ4n) is 1.75. The first-order valence-corrected chi connectivity index (χ1v) is 5.80. The fourth-order valence-corrected chi connectivity index (χ4v) is 1.75. The molecule has 3 rings (SSSR count). The van der Waals surface area contributed by atoms with Gasteiger partial charge in [-0.05, 0) is 12.1 Å². The molecule has 0 aliphatic heterocycles. The quantitative estimate of drug-likeness (QED) is 0.711. The maximum absolute atomic E-state index is 12.1. The number of nitrogens with zero attached hydrogens (tertiary/aromatic N) is 5. The Morgan fingerprint density at radius 2 is 2.00 bits per heavy atom. The molecule has 2 aromatic heterocycles. The van der Waals surface area contributed by atoms with Gasteiger partial charge in [-0.25, -0.2) is 14.2 Å². The number of rotatable bonds is 2. The van der Waals surface area contributed by atoms with Crippen LogP contribution in [0.3, 0.4) is 0 Å². The fraction of sp³-hybridized carbons (Fsp3) is 0.0833. The molecule has 1 N–H and O–H groups in total. The number of nitrogens with one attached hydrogen (secondary N) is 1. The number of hydrogen-bond donors (Lipinski definition) is 1. The SMILES string of the molecule is Cn1nnc2c(C(=O)Nc3ccccc3)ncn2c1=O. The molecule has 0 aliphatic carbocycles. The van der Waals surface area contributed by atoms with Crippen molar-refractivity contribution in [3.63, 3.8) is 0 Å². The third kappa shape index (κ3) is 1.92. The molecular formula is C12H10N6O2. The summed E-state index contributed by atoms with van der Waals surface area (Å²) in [5.41, 5.74) is 0.400. The minimum Gasteiger partial charge on any atom is -0.321 e. The molecule has 0 saturated heterocycles. The lowest BCUT2D eigenvalue weighted by Gasteiger charge is -2.02. The zero-order valence-electron chi connectivity index (χ0n) is 10.5. The van der Waals surface area contributed by atoms with Gasteiger partial charge >= 0.3 is 5.69 Å². The van der Waals surface area contributed by atoms with E-state index in [1.807, 2.05) is 6.07 Å². The summed E-state index contributed by atoms with van der Waals surface area (Å²) < 4.78 is 2.24. The first-order valence-electron chi connectivity index (χ1n) is 5.80. The molecule has 8 nitrogen and oxygen atoms in total. The van der Waals surface area contributed by atoms with E-state index in [-0.39, 0.29) is 11.3 Å². The minimum atomic E-state index is -0.443. The van der Waals surface area contributed by atoms with Crippen LogP contribution in [0.1, 0.15) is 10.5 Å². The van der Waals surface area contributed by atoms with Gasteiger partial charge in [-0.1, -0.05) is 23.4 Å². The van der Waals surface area contributed by atoms with Crippen molar-refractivity contribution in [2.75, 3.05) is 5.32 Å². The number of carbonyl (C=O) groups is 1. The smallest absolute Gasteiger partial charge is 0.321 e. The number of amides is 1. The summed E-state index contributed by atoms with van der Waals surface area (Å²) >= 11 is 0. The van der Waals surface area contributed by atoms with Crippen LogP contribution < -0.4 is 11.0 Å². The van der Waals surface area contributed by atoms with Gasteiger partial charge < -0.3 is 5.32 Å². The molecule has 0 spiro atoms. The minimum absolute atomic E-state index is 0.0547. The predicted molar refractivity (Wildman–Crippen MR) is 70.4 cm³/mol. The lowest BCUT2D eigenvalue weighted by Crippen LogP contribution is -2.27. The number of fused-ring (bicyclic) bond motifs is 1. The highest BCUT2D eigenvalue weighted by Crippen LogP contribution is 2.09. The lowest BCUT2D eigenvalue weighted by molar-refractivity contribution is 0.102. The lowest BCUT2D eigenvalue weighted by atomic mass is 10.3.